The third-order valence-electron chi connectivity index (χ3n) is 2.76. The lowest BCUT2D eigenvalue weighted by atomic mass is 10.2. The number of nitrogens with zero attached hydrogens (tertiary/aromatic N) is 2. The van der Waals surface area contributed by atoms with Crippen molar-refractivity contribution in [3.63, 3.8) is 0 Å². The molecule has 1 rings (SSSR count). The van der Waals surface area contributed by atoms with Crippen LogP contribution in [0.3, 0.4) is 0 Å². The minimum atomic E-state index is 0.833. The topological polar surface area (TPSA) is 28.2 Å². The second kappa shape index (κ2) is 9.48. The van der Waals surface area contributed by atoms with E-state index in [2.05, 4.69) is 53.5 Å². The van der Waals surface area contributed by atoms with Crippen LogP contribution in [0, 0.1) is 0 Å². The average molecular weight is 259 g/mol. The predicted molar refractivity (Wildman–Crippen MR) is 81.9 cm³/mol. The highest BCUT2D eigenvalue weighted by Crippen LogP contribution is 2.04. The van der Waals surface area contributed by atoms with Gasteiger partial charge in [-0.15, -0.1) is 13.2 Å². The van der Waals surface area contributed by atoms with Gasteiger partial charge in [-0.05, 0) is 25.1 Å². The van der Waals surface area contributed by atoms with Crippen LogP contribution in [0.25, 0.3) is 0 Å². The largest absolute Gasteiger partial charge is 0.311 e. The van der Waals surface area contributed by atoms with Crippen molar-refractivity contribution in [2.24, 2.45) is 0 Å². The zero-order valence-corrected chi connectivity index (χ0v) is 11.9. The zero-order valence-electron chi connectivity index (χ0n) is 11.9. The number of hydrogen-bond acceptors (Lipinski definition) is 3. The number of aromatic nitrogens is 1. The maximum absolute atomic E-state index is 4.68. The maximum atomic E-state index is 4.68. The first kappa shape index (κ1) is 15.6. The smallest absolute Gasteiger partial charge is 0.0548 e. The Hall–Kier alpha value is -1.45. The van der Waals surface area contributed by atoms with Crippen molar-refractivity contribution in [2.75, 3.05) is 19.6 Å². The van der Waals surface area contributed by atoms with Gasteiger partial charge in [0.15, 0.2) is 0 Å². The molecule has 1 heterocycles. The van der Waals surface area contributed by atoms with Gasteiger partial charge in [-0.1, -0.05) is 25.1 Å². The van der Waals surface area contributed by atoms with Crippen LogP contribution in [0.5, 0.6) is 0 Å². The van der Waals surface area contributed by atoms with Crippen LogP contribution in [0.1, 0.15) is 24.7 Å². The minimum absolute atomic E-state index is 0.833. The molecule has 0 saturated carbocycles. The molecule has 0 spiro atoms. The van der Waals surface area contributed by atoms with Crippen molar-refractivity contribution in [2.45, 2.75) is 26.4 Å². The Kier molecular flexibility index (Phi) is 7.78. The number of hydrogen-bond donors (Lipinski definition) is 1. The van der Waals surface area contributed by atoms with Crippen molar-refractivity contribution < 1.29 is 0 Å². The molecule has 0 amide bonds. The molecule has 0 aromatic carbocycles. The second-order valence-corrected chi connectivity index (χ2v) is 4.57. The summed E-state index contributed by atoms with van der Waals surface area (Å²) < 4.78 is 0. The Balaban J connectivity index is 2.58. The first-order valence-electron chi connectivity index (χ1n) is 6.89. The van der Waals surface area contributed by atoms with Gasteiger partial charge in [0.1, 0.15) is 0 Å². The van der Waals surface area contributed by atoms with Gasteiger partial charge in [-0.25, -0.2) is 0 Å². The lowest BCUT2D eigenvalue weighted by Gasteiger charge is -2.18. The van der Waals surface area contributed by atoms with Gasteiger partial charge in [0, 0.05) is 26.2 Å². The van der Waals surface area contributed by atoms with Crippen molar-refractivity contribution in [1.29, 1.82) is 0 Å². The van der Waals surface area contributed by atoms with Crippen LogP contribution in [0.2, 0.25) is 0 Å². The molecule has 0 aliphatic heterocycles. The van der Waals surface area contributed by atoms with Gasteiger partial charge in [-0.3, -0.25) is 9.88 Å². The lowest BCUT2D eigenvalue weighted by Crippen LogP contribution is -2.24. The molecule has 3 heteroatoms. The van der Waals surface area contributed by atoms with Gasteiger partial charge >= 0.3 is 0 Å². The molecule has 1 N–H and O–H groups in total. The summed E-state index contributed by atoms with van der Waals surface area (Å²) in [6.07, 6.45) is 4.97. The summed E-state index contributed by atoms with van der Waals surface area (Å²) in [4.78, 5) is 6.93. The standard InChI is InChI=1S/C16H25N3/c1-4-10-17-13-15-8-7-9-16(18-15)14-19(11-5-2)12-6-3/h5-9,17H,2-4,10-14H2,1H3. The fraction of sp³-hybridized carbons (Fsp3) is 0.438. The van der Waals surface area contributed by atoms with Crippen LogP contribution < -0.4 is 5.32 Å². The Labute approximate surface area is 117 Å². The SMILES string of the molecule is C=CCN(CC=C)Cc1cccc(CNCCC)n1. The van der Waals surface area contributed by atoms with Crippen LogP contribution in [0.15, 0.2) is 43.5 Å². The number of rotatable bonds is 10. The van der Waals surface area contributed by atoms with Gasteiger partial charge in [0.2, 0.25) is 0 Å². The molecule has 104 valence electrons. The van der Waals surface area contributed by atoms with Gasteiger partial charge in [-0.2, -0.15) is 0 Å². The second-order valence-electron chi connectivity index (χ2n) is 4.57. The molecule has 19 heavy (non-hydrogen) atoms. The Morgan fingerprint density at radius 2 is 1.89 bits per heavy atom. The van der Waals surface area contributed by atoms with Crippen LogP contribution in [-0.2, 0) is 13.1 Å². The first-order valence-corrected chi connectivity index (χ1v) is 6.89. The molecule has 0 fully saturated rings. The molecule has 1 aromatic rings. The molecule has 0 bridgehead atoms. The number of pyridine rings is 1. The zero-order chi connectivity index (χ0) is 13.9. The molecule has 0 aliphatic rings. The highest BCUT2D eigenvalue weighted by atomic mass is 15.1. The molecule has 1 aromatic heterocycles. The molecule has 0 saturated heterocycles. The van der Waals surface area contributed by atoms with E-state index in [0.717, 1.165) is 50.5 Å². The van der Waals surface area contributed by atoms with E-state index < -0.39 is 0 Å². The van der Waals surface area contributed by atoms with Crippen molar-refractivity contribution >= 4 is 0 Å². The summed E-state index contributed by atoms with van der Waals surface area (Å²) in [5, 5.41) is 3.37. The summed E-state index contributed by atoms with van der Waals surface area (Å²) in [5.74, 6) is 0. The van der Waals surface area contributed by atoms with Crippen LogP contribution in [0.4, 0.5) is 0 Å². The predicted octanol–water partition coefficient (Wildman–Crippen LogP) is 2.76. The van der Waals surface area contributed by atoms with Crippen LogP contribution in [-0.4, -0.2) is 29.5 Å². The normalized spacial score (nSPS) is 10.6. The first-order chi connectivity index (χ1) is 9.30. The van der Waals surface area contributed by atoms with Crippen LogP contribution >= 0.6 is 0 Å². The summed E-state index contributed by atoms with van der Waals surface area (Å²) >= 11 is 0. The highest BCUT2D eigenvalue weighted by Gasteiger charge is 2.04. The van der Waals surface area contributed by atoms with E-state index in [1.807, 2.05) is 12.2 Å². The molecule has 0 aliphatic carbocycles. The summed E-state index contributed by atoms with van der Waals surface area (Å²) in [5.41, 5.74) is 2.20. The monoisotopic (exact) mass is 259 g/mol. The van der Waals surface area contributed by atoms with E-state index in [9.17, 15) is 0 Å². The van der Waals surface area contributed by atoms with E-state index in [0.29, 0.717) is 0 Å². The summed E-state index contributed by atoms with van der Waals surface area (Å²) in [7, 11) is 0. The quantitative estimate of drug-likeness (QED) is 0.517. The van der Waals surface area contributed by atoms with Crippen molar-refractivity contribution in [3.05, 3.63) is 54.9 Å². The average Bonchev–Trinajstić information content (AvgIpc) is 2.40. The van der Waals surface area contributed by atoms with Gasteiger partial charge in [0.05, 0.1) is 11.4 Å². The van der Waals surface area contributed by atoms with Gasteiger partial charge in [0.25, 0.3) is 0 Å². The Morgan fingerprint density at radius 3 is 2.53 bits per heavy atom. The van der Waals surface area contributed by atoms with E-state index >= 15 is 0 Å². The number of nitrogens with one attached hydrogen (secondary N) is 1. The maximum Gasteiger partial charge on any atom is 0.0548 e. The molecule has 0 radical (unpaired) electrons. The Morgan fingerprint density at radius 1 is 1.21 bits per heavy atom. The Bertz CT molecular complexity index is 377. The minimum Gasteiger partial charge on any atom is -0.311 e. The van der Waals surface area contributed by atoms with E-state index in [4.69, 9.17) is 0 Å². The van der Waals surface area contributed by atoms with Gasteiger partial charge < -0.3 is 5.32 Å². The lowest BCUT2D eigenvalue weighted by molar-refractivity contribution is 0.323. The third-order valence-corrected chi connectivity index (χ3v) is 2.76. The van der Waals surface area contributed by atoms with E-state index in [1.165, 1.54) is 0 Å². The molecule has 0 unspecified atom stereocenters. The third kappa shape index (κ3) is 6.32. The van der Waals surface area contributed by atoms with Crippen molar-refractivity contribution in [1.82, 2.24) is 15.2 Å². The fourth-order valence-corrected chi connectivity index (χ4v) is 1.91. The summed E-state index contributed by atoms with van der Waals surface area (Å²) in [6, 6.07) is 6.21. The summed E-state index contributed by atoms with van der Waals surface area (Å²) in [6.45, 7) is 14.1. The molecular weight excluding hydrogens is 234 g/mol. The van der Waals surface area contributed by atoms with E-state index in [1.54, 1.807) is 0 Å². The molecule has 3 nitrogen and oxygen atoms in total. The highest BCUT2D eigenvalue weighted by molar-refractivity contribution is 5.11. The fourth-order valence-electron chi connectivity index (χ4n) is 1.91. The molecule has 0 atom stereocenters. The van der Waals surface area contributed by atoms with Crippen molar-refractivity contribution in [3.8, 4) is 0 Å². The van der Waals surface area contributed by atoms with E-state index in [-0.39, 0.29) is 0 Å². The molecular formula is C16H25N3.